The van der Waals surface area contributed by atoms with Gasteiger partial charge in [-0.15, -0.1) is 0 Å². The van der Waals surface area contributed by atoms with Crippen molar-refractivity contribution in [3.63, 3.8) is 0 Å². The summed E-state index contributed by atoms with van der Waals surface area (Å²) in [5, 5.41) is 0.722. The van der Waals surface area contributed by atoms with E-state index in [4.69, 9.17) is 11.6 Å². The Kier molecular flexibility index (Phi) is 4.66. The Morgan fingerprint density at radius 3 is 2.23 bits per heavy atom. The van der Waals surface area contributed by atoms with Crippen molar-refractivity contribution < 1.29 is 9.59 Å². The lowest BCUT2D eigenvalue weighted by atomic mass is 10.1. The first kappa shape index (κ1) is 17.1. The highest BCUT2D eigenvalue weighted by atomic mass is 35.5. The molecular weight excluding hydrogens is 350 g/mol. The molecule has 134 valence electrons. The molecule has 4 rings (SSSR count). The van der Waals surface area contributed by atoms with Gasteiger partial charge in [-0.2, -0.15) is 0 Å². The Morgan fingerprint density at radius 1 is 0.846 bits per heavy atom. The summed E-state index contributed by atoms with van der Waals surface area (Å²) in [5.41, 5.74) is 1.75. The summed E-state index contributed by atoms with van der Waals surface area (Å²) in [6.07, 6.45) is 0.255. The van der Waals surface area contributed by atoms with E-state index in [0.717, 1.165) is 36.9 Å². The van der Waals surface area contributed by atoms with Gasteiger partial charge < -0.3 is 4.90 Å². The highest BCUT2D eigenvalue weighted by molar-refractivity contribution is 6.30. The molecule has 0 saturated carbocycles. The zero-order valence-electron chi connectivity index (χ0n) is 14.3. The Balaban J connectivity index is 1.43. The number of para-hydroxylation sites is 1. The van der Waals surface area contributed by atoms with Crippen LogP contribution in [0.5, 0.6) is 0 Å². The van der Waals surface area contributed by atoms with E-state index in [1.54, 1.807) is 12.1 Å². The number of nitrogens with zero attached hydrogens (tertiary/aromatic N) is 3. The van der Waals surface area contributed by atoms with Gasteiger partial charge in [-0.1, -0.05) is 35.9 Å². The van der Waals surface area contributed by atoms with Crippen LogP contribution in [0.25, 0.3) is 0 Å². The van der Waals surface area contributed by atoms with Crippen molar-refractivity contribution in [1.29, 1.82) is 0 Å². The largest absolute Gasteiger partial charge is 0.369 e. The maximum absolute atomic E-state index is 12.8. The third-order valence-electron chi connectivity index (χ3n) is 5.07. The number of piperazine rings is 1. The standard InChI is InChI=1S/C20H20ClN3O2/c21-15-5-4-8-17(13-15)22-9-11-23(12-10-22)18-14-19(25)24(20(18)26)16-6-2-1-3-7-16/h1-8,13,18H,9-12,14H2/t18-/m0/s1. The number of halogens is 1. The smallest absolute Gasteiger partial charge is 0.251 e. The first-order valence-electron chi connectivity index (χ1n) is 8.80. The van der Waals surface area contributed by atoms with Crippen LogP contribution in [0.1, 0.15) is 6.42 Å². The van der Waals surface area contributed by atoms with Gasteiger partial charge in [0.1, 0.15) is 0 Å². The summed E-state index contributed by atoms with van der Waals surface area (Å²) in [6.45, 7) is 3.12. The molecule has 6 heteroatoms. The van der Waals surface area contributed by atoms with E-state index in [0.29, 0.717) is 5.69 Å². The molecule has 0 bridgehead atoms. The number of imide groups is 1. The second-order valence-corrected chi connectivity index (χ2v) is 7.06. The van der Waals surface area contributed by atoms with E-state index in [2.05, 4.69) is 9.80 Å². The van der Waals surface area contributed by atoms with Crippen LogP contribution in [0, 0.1) is 0 Å². The quantitative estimate of drug-likeness (QED) is 0.780. The highest BCUT2D eigenvalue weighted by Gasteiger charge is 2.43. The fraction of sp³-hybridized carbons (Fsp3) is 0.300. The van der Waals surface area contributed by atoms with Gasteiger partial charge in [0.2, 0.25) is 5.91 Å². The molecule has 5 nitrogen and oxygen atoms in total. The molecule has 0 aromatic heterocycles. The number of benzene rings is 2. The van der Waals surface area contributed by atoms with Gasteiger partial charge in [0.05, 0.1) is 18.2 Å². The third kappa shape index (κ3) is 3.20. The van der Waals surface area contributed by atoms with E-state index >= 15 is 0 Å². The van der Waals surface area contributed by atoms with Crippen molar-refractivity contribution in [2.45, 2.75) is 12.5 Å². The lowest BCUT2D eigenvalue weighted by molar-refractivity contribution is -0.123. The maximum atomic E-state index is 12.8. The van der Waals surface area contributed by atoms with Crippen LogP contribution in [0.3, 0.4) is 0 Å². The average molecular weight is 370 g/mol. The fourth-order valence-corrected chi connectivity index (χ4v) is 3.90. The van der Waals surface area contributed by atoms with Gasteiger partial charge in [-0.05, 0) is 30.3 Å². The summed E-state index contributed by atoms with van der Waals surface area (Å²) >= 11 is 6.08. The van der Waals surface area contributed by atoms with Crippen LogP contribution < -0.4 is 9.80 Å². The molecule has 2 aromatic rings. The number of hydrogen-bond acceptors (Lipinski definition) is 4. The predicted octanol–water partition coefficient (Wildman–Crippen LogP) is 2.79. The number of amides is 2. The molecule has 0 unspecified atom stereocenters. The Morgan fingerprint density at radius 2 is 1.54 bits per heavy atom. The van der Waals surface area contributed by atoms with Crippen LogP contribution in [0.4, 0.5) is 11.4 Å². The van der Waals surface area contributed by atoms with E-state index in [1.807, 2.05) is 42.5 Å². The topological polar surface area (TPSA) is 43.9 Å². The molecule has 0 N–H and O–H groups in total. The first-order chi connectivity index (χ1) is 12.6. The fourth-order valence-electron chi connectivity index (χ4n) is 3.71. The zero-order valence-corrected chi connectivity index (χ0v) is 15.1. The summed E-state index contributed by atoms with van der Waals surface area (Å²) in [6, 6.07) is 16.6. The predicted molar refractivity (Wildman–Crippen MR) is 103 cm³/mol. The summed E-state index contributed by atoms with van der Waals surface area (Å²) in [4.78, 5) is 31.0. The lowest BCUT2D eigenvalue weighted by Gasteiger charge is -2.38. The lowest BCUT2D eigenvalue weighted by Crippen LogP contribution is -2.52. The Labute approximate surface area is 157 Å². The Hall–Kier alpha value is -2.37. The van der Waals surface area contributed by atoms with E-state index < -0.39 is 0 Å². The van der Waals surface area contributed by atoms with Crippen molar-refractivity contribution in [2.24, 2.45) is 0 Å². The van der Waals surface area contributed by atoms with Crippen LogP contribution in [0.15, 0.2) is 54.6 Å². The minimum Gasteiger partial charge on any atom is -0.369 e. The second-order valence-electron chi connectivity index (χ2n) is 6.63. The van der Waals surface area contributed by atoms with Gasteiger partial charge in [0.25, 0.3) is 5.91 Å². The molecule has 2 aliphatic rings. The van der Waals surface area contributed by atoms with E-state index in [-0.39, 0.29) is 24.3 Å². The zero-order chi connectivity index (χ0) is 18.1. The molecule has 0 spiro atoms. The molecule has 0 aliphatic carbocycles. The maximum Gasteiger partial charge on any atom is 0.251 e. The van der Waals surface area contributed by atoms with Crippen LogP contribution in [-0.2, 0) is 9.59 Å². The minimum atomic E-state index is -0.357. The van der Waals surface area contributed by atoms with Crippen molar-refractivity contribution in [1.82, 2.24) is 4.90 Å². The van der Waals surface area contributed by atoms with Crippen molar-refractivity contribution in [3.05, 3.63) is 59.6 Å². The molecule has 2 fully saturated rings. The normalized spacial score (nSPS) is 21.5. The SMILES string of the molecule is O=C1C[C@H](N2CCN(c3cccc(Cl)c3)CC2)C(=O)N1c1ccccc1. The number of carbonyl (C=O) groups is 2. The summed E-state index contributed by atoms with van der Waals surface area (Å²) in [5.74, 6) is -0.235. The second kappa shape index (κ2) is 7.09. The molecule has 0 radical (unpaired) electrons. The molecule has 2 saturated heterocycles. The summed E-state index contributed by atoms with van der Waals surface area (Å²) < 4.78 is 0. The number of anilines is 2. The molecule has 2 amide bonds. The molecular formula is C20H20ClN3O2. The number of hydrogen-bond donors (Lipinski definition) is 0. The van der Waals surface area contributed by atoms with Crippen LogP contribution in [0.2, 0.25) is 5.02 Å². The van der Waals surface area contributed by atoms with Gasteiger partial charge in [-0.25, -0.2) is 4.90 Å². The minimum absolute atomic E-state index is 0.114. The van der Waals surface area contributed by atoms with Gasteiger partial charge in [0, 0.05) is 36.9 Å². The van der Waals surface area contributed by atoms with Gasteiger partial charge in [-0.3, -0.25) is 14.5 Å². The third-order valence-corrected chi connectivity index (χ3v) is 5.30. The van der Waals surface area contributed by atoms with Crippen molar-refractivity contribution in [2.75, 3.05) is 36.0 Å². The number of carbonyl (C=O) groups excluding carboxylic acids is 2. The monoisotopic (exact) mass is 369 g/mol. The van der Waals surface area contributed by atoms with Gasteiger partial charge >= 0.3 is 0 Å². The van der Waals surface area contributed by atoms with Crippen molar-refractivity contribution >= 4 is 34.8 Å². The van der Waals surface area contributed by atoms with E-state index in [9.17, 15) is 9.59 Å². The molecule has 26 heavy (non-hydrogen) atoms. The molecule has 1 atom stereocenters. The summed E-state index contributed by atoms with van der Waals surface area (Å²) in [7, 11) is 0. The molecule has 2 aliphatic heterocycles. The first-order valence-corrected chi connectivity index (χ1v) is 9.18. The number of rotatable bonds is 3. The average Bonchev–Trinajstić information content (AvgIpc) is 2.97. The van der Waals surface area contributed by atoms with Crippen molar-refractivity contribution in [3.8, 4) is 0 Å². The van der Waals surface area contributed by atoms with Crippen LogP contribution in [-0.4, -0.2) is 48.9 Å². The Bertz CT molecular complexity index is 819. The highest BCUT2D eigenvalue weighted by Crippen LogP contribution is 2.27. The molecule has 2 heterocycles. The van der Waals surface area contributed by atoms with Gasteiger partial charge in [0.15, 0.2) is 0 Å². The van der Waals surface area contributed by atoms with E-state index in [1.165, 1.54) is 4.90 Å². The van der Waals surface area contributed by atoms with Crippen LogP contribution >= 0.6 is 11.6 Å². The molecule has 2 aromatic carbocycles.